The number of hydrogen-bond donors (Lipinski definition) is 1. The highest BCUT2D eigenvalue weighted by Gasteiger charge is 2.39. The number of rotatable bonds is 4. The van der Waals surface area contributed by atoms with E-state index in [1.54, 1.807) is 4.31 Å². The lowest BCUT2D eigenvalue weighted by Gasteiger charge is -2.42. The normalized spacial score (nSPS) is 29.4. The van der Waals surface area contributed by atoms with E-state index in [1.165, 1.54) is 19.3 Å². The first-order valence-electron chi connectivity index (χ1n) is 7.68. The molecular formula is C14H28N2O3S. The van der Waals surface area contributed by atoms with Crippen LogP contribution in [0.1, 0.15) is 46.0 Å². The van der Waals surface area contributed by atoms with Gasteiger partial charge in [0, 0.05) is 19.6 Å². The predicted molar refractivity (Wildman–Crippen MR) is 79.9 cm³/mol. The van der Waals surface area contributed by atoms with E-state index >= 15 is 0 Å². The standard InChI is InChI=1S/C14H28N2O3S/c1-14(2)11-16(9-13(8-15)19-14)20(17,18)10-12-6-4-3-5-7-12/h12-13H,3-11,15H2,1-2H3. The van der Waals surface area contributed by atoms with E-state index in [0.717, 1.165) is 12.8 Å². The molecule has 0 aromatic rings. The predicted octanol–water partition coefficient (Wildman–Crippen LogP) is 1.33. The van der Waals surface area contributed by atoms with Gasteiger partial charge in [-0.2, -0.15) is 4.31 Å². The topological polar surface area (TPSA) is 72.6 Å². The van der Waals surface area contributed by atoms with Crippen molar-refractivity contribution in [3.8, 4) is 0 Å². The van der Waals surface area contributed by atoms with Crippen molar-refractivity contribution in [2.24, 2.45) is 11.7 Å². The van der Waals surface area contributed by atoms with Gasteiger partial charge in [0.2, 0.25) is 10.0 Å². The molecule has 1 saturated carbocycles. The summed E-state index contributed by atoms with van der Waals surface area (Å²) < 4.78 is 32.7. The molecule has 0 aromatic carbocycles. The van der Waals surface area contributed by atoms with E-state index in [2.05, 4.69) is 0 Å². The molecule has 1 unspecified atom stereocenters. The second-order valence-electron chi connectivity index (χ2n) is 6.81. The van der Waals surface area contributed by atoms with E-state index in [9.17, 15) is 8.42 Å². The van der Waals surface area contributed by atoms with Crippen molar-refractivity contribution in [3.63, 3.8) is 0 Å². The highest BCUT2D eigenvalue weighted by Crippen LogP contribution is 2.28. The molecular weight excluding hydrogens is 276 g/mol. The first-order chi connectivity index (χ1) is 9.32. The second kappa shape index (κ2) is 6.30. The molecule has 1 atom stereocenters. The van der Waals surface area contributed by atoms with Crippen LogP contribution in [0, 0.1) is 5.92 Å². The van der Waals surface area contributed by atoms with Crippen LogP contribution in [0.5, 0.6) is 0 Å². The minimum absolute atomic E-state index is 0.195. The third kappa shape index (κ3) is 4.16. The second-order valence-corrected chi connectivity index (χ2v) is 8.82. The third-order valence-electron chi connectivity index (χ3n) is 4.28. The van der Waals surface area contributed by atoms with Crippen molar-refractivity contribution < 1.29 is 13.2 Å². The minimum atomic E-state index is -3.20. The Morgan fingerprint density at radius 1 is 1.25 bits per heavy atom. The molecule has 0 aromatic heterocycles. The van der Waals surface area contributed by atoms with Crippen LogP contribution in [0.4, 0.5) is 0 Å². The molecule has 118 valence electrons. The number of morpholine rings is 1. The Labute approximate surface area is 122 Å². The van der Waals surface area contributed by atoms with Crippen LogP contribution >= 0.6 is 0 Å². The average Bonchev–Trinajstić information content (AvgIpc) is 2.37. The summed E-state index contributed by atoms with van der Waals surface area (Å²) in [5.41, 5.74) is 5.21. The van der Waals surface area contributed by atoms with Crippen molar-refractivity contribution in [1.82, 2.24) is 4.31 Å². The van der Waals surface area contributed by atoms with Crippen molar-refractivity contribution in [2.75, 3.05) is 25.4 Å². The zero-order valence-electron chi connectivity index (χ0n) is 12.7. The van der Waals surface area contributed by atoms with Gasteiger partial charge in [0.05, 0.1) is 17.5 Å². The zero-order valence-corrected chi connectivity index (χ0v) is 13.5. The molecule has 20 heavy (non-hydrogen) atoms. The monoisotopic (exact) mass is 304 g/mol. The molecule has 0 radical (unpaired) electrons. The summed E-state index contributed by atoms with van der Waals surface area (Å²) in [6.45, 7) is 5.04. The third-order valence-corrected chi connectivity index (χ3v) is 6.24. The van der Waals surface area contributed by atoms with Gasteiger partial charge in [0.15, 0.2) is 0 Å². The fourth-order valence-electron chi connectivity index (χ4n) is 3.33. The first-order valence-corrected chi connectivity index (χ1v) is 9.29. The molecule has 2 aliphatic rings. The van der Waals surface area contributed by atoms with Crippen LogP contribution in [-0.4, -0.2) is 49.8 Å². The molecule has 5 nitrogen and oxygen atoms in total. The molecule has 1 saturated heterocycles. The van der Waals surface area contributed by atoms with Crippen molar-refractivity contribution in [2.45, 2.75) is 57.7 Å². The Kier molecular flexibility index (Phi) is 5.10. The Balaban J connectivity index is 2.03. The van der Waals surface area contributed by atoms with Crippen LogP contribution < -0.4 is 5.73 Å². The van der Waals surface area contributed by atoms with E-state index in [1.807, 2.05) is 13.8 Å². The van der Waals surface area contributed by atoms with Crippen molar-refractivity contribution in [3.05, 3.63) is 0 Å². The van der Waals surface area contributed by atoms with Gasteiger partial charge in [-0.05, 0) is 32.6 Å². The van der Waals surface area contributed by atoms with Gasteiger partial charge in [-0.1, -0.05) is 19.3 Å². The van der Waals surface area contributed by atoms with Gasteiger partial charge in [-0.3, -0.25) is 0 Å². The lowest BCUT2D eigenvalue weighted by atomic mass is 9.91. The molecule has 2 N–H and O–H groups in total. The maximum Gasteiger partial charge on any atom is 0.214 e. The fourth-order valence-corrected chi connectivity index (χ4v) is 5.37. The van der Waals surface area contributed by atoms with Gasteiger partial charge >= 0.3 is 0 Å². The summed E-state index contributed by atoms with van der Waals surface area (Å²) in [6.07, 6.45) is 5.48. The maximum absolute atomic E-state index is 12.6. The quantitative estimate of drug-likeness (QED) is 0.850. The van der Waals surface area contributed by atoms with Crippen LogP contribution in [0.15, 0.2) is 0 Å². The van der Waals surface area contributed by atoms with Crippen LogP contribution in [0.2, 0.25) is 0 Å². The summed E-state index contributed by atoms with van der Waals surface area (Å²) in [7, 11) is -3.20. The summed E-state index contributed by atoms with van der Waals surface area (Å²) >= 11 is 0. The minimum Gasteiger partial charge on any atom is -0.368 e. The summed E-state index contributed by atoms with van der Waals surface area (Å²) in [5, 5.41) is 0. The van der Waals surface area contributed by atoms with Gasteiger partial charge in [0.25, 0.3) is 0 Å². The molecule has 1 aliphatic carbocycles. The van der Waals surface area contributed by atoms with E-state index < -0.39 is 15.6 Å². The number of hydrogen-bond acceptors (Lipinski definition) is 4. The molecule has 6 heteroatoms. The van der Waals surface area contributed by atoms with E-state index in [-0.39, 0.29) is 6.10 Å². The lowest BCUT2D eigenvalue weighted by molar-refractivity contribution is -0.112. The lowest BCUT2D eigenvalue weighted by Crippen LogP contribution is -2.57. The largest absolute Gasteiger partial charge is 0.368 e. The Hall–Kier alpha value is -0.170. The molecule has 0 bridgehead atoms. The van der Waals surface area contributed by atoms with Gasteiger partial charge in [0.1, 0.15) is 0 Å². The molecule has 0 spiro atoms. The molecule has 2 fully saturated rings. The smallest absolute Gasteiger partial charge is 0.214 e. The zero-order chi connectivity index (χ0) is 14.8. The highest BCUT2D eigenvalue weighted by atomic mass is 32.2. The summed E-state index contributed by atoms with van der Waals surface area (Å²) in [4.78, 5) is 0. The van der Waals surface area contributed by atoms with Crippen LogP contribution in [0.3, 0.4) is 0 Å². The Bertz CT molecular complexity index is 416. The molecule has 1 aliphatic heterocycles. The summed E-state index contributed by atoms with van der Waals surface area (Å²) in [5.74, 6) is 0.622. The highest BCUT2D eigenvalue weighted by molar-refractivity contribution is 7.89. The van der Waals surface area contributed by atoms with Crippen molar-refractivity contribution >= 4 is 10.0 Å². The van der Waals surface area contributed by atoms with Gasteiger partial charge < -0.3 is 10.5 Å². The number of sulfonamides is 1. The van der Waals surface area contributed by atoms with Crippen LogP contribution in [-0.2, 0) is 14.8 Å². The molecule has 1 heterocycles. The fraction of sp³-hybridized carbons (Fsp3) is 1.00. The van der Waals surface area contributed by atoms with Crippen molar-refractivity contribution in [1.29, 1.82) is 0 Å². The van der Waals surface area contributed by atoms with Crippen LogP contribution in [0.25, 0.3) is 0 Å². The first kappa shape index (κ1) is 16.2. The van der Waals surface area contributed by atoms with Gasteiger partial charge in [-0.15, -0.1) is 0 Å². The van der Waals surface area contributed by atoms with E-state index in [0.29, 0.717) is 31.3 Å². The summed E-state index contributed by atoms with van der Waals surface area (Å²) in [6, 6.07) is 0. The average molecular weight is 304 g/mol. The van der Waals surface area contributed by atoms with Gasteiger partial charge in [-0.25, -0.2) is 8.42 Å². The number of nitrogens with two attached hydrogens (primary N) is 1. The molecule has 2 rings (SSSR count). The number of nitrogens with zero attached hydrogens (tertiary/aromatic N) is 1. The van der Waals surface area contributed by atoms with E-state index in [4.69, 9.17) is 10.5 Å². The maximum atomic E-state index is 12.6. The molecule has 0 amide bonds. The Morgan fingerprint density at radius 2 is 1.90 bits per heavy atom. The SMILES string of the molecule is CC1(C)CN(S(=O)(=O)CC2CCCCC2)CC(CN)O1. The Morgan fingerprint density at radius 3 is 2.50 bits per heavy atom. The number of ether oxygens (including phenoxy) is 1.